The number of hydrogen-bond acceptors (Lipinski definition) is 3. The van der Waals surface area contributed by atoms with Crippen LogP contribution in [0.25, 0.3) is 0 Å². The van der Waals surface area contributed by atoms with Gasteiger partial charge in [0.05, 0.1) is 11.6 Å². The molecule has 1 unspecified atom stereocenters. The number of rotatable bonds is 4. The van der Waals surface area contributed by atoms with Crippen LogP contribution in [0.15, 0.2) is 42.5 Å². The first-order chi connectivity index (χ1) is 9.60. The summed E-state index contributed by atoms with van der Waals surface area (Å²) in [5.41, 5.74) is 8.10. The third-order valence-corrected chi connectivity index (χ3v) is 2.94. The van der Waals surface area contributed by atoms with Gasteiger partial charge < -0.3 is 10.5 Å². The van der Waals surface area contributed by atoms with Crippen molar-refractivity contribution >= 4 is 0 Å². The molecule has 0 radical (unpaired) electrons. The van der Waals surface area contributed by atoms with Crippen LogP contribution in [0.4, 0.5) is 4.39 Å². The Labute approximate surface area is 117 Å². The van der Waals surface area contributed by atoms with Crippen LogP contribution < -0.4 is 10.5 Å². The van der Waals surface area contributed by atoms with Crippen LogP contribution >= 0.6 is 0 Å². The van der Waals surface area contributed by atoms with Crippen molar-refractivity contribution in [2.24, 2.45) is 5.73 Å². The zero-order valence-corrected chi connectivity index (χ0v) is 11.1. The topological polar surface area (TPSA) is 59.0 Å². The molecule has 0 aromatic heterocycles. The molecule has 2 N–H and O–H groups in total. The van der Waals surface area contributed by atoms with E-state index >= 15 is 0 Å². The van der Waals surface area contributed by atoms with Crippen molar-refractivity contribution in [2.45, 2.75) is 19.6 Å². The molecule has 102 valence electrons. The lowest BCUT2D eigenvalue weighted by molar-refractivity contribution is 0.300. The molecule has 20 heavy (non-hydrogen) atoms. The summed E-state index contributed by atoms with van der Waals surface area (Å²) in [5.74, 6) is 0.0913. The monoisotopic (exact) mass is 270 g/mol. The minimum absolute atomic E-state index is 0.230. The minimum atomic E-state index is -0.357. The third-order valence-electron chi connectivity index (χ3n) is 2.94. The maximum Gasteiger partial charge on any atom is 0.127 e. The highest BCUT2D eigenvalue weighted by atomic mass is 19.1. The molecular weight excluding hydrogens is 255 g/mol. The Morgan fingerprint density at radius 2 is 1.95 bits per heavy atom. The third kappa shape index (κ3) is 3.34. The molecule has 3 nitrogen and oxygen atoms in total. The van der Waals surface area contributed by atoms with E-state index in [1.165, 1.54) is 12.1 Å². The fourth-order valence-electron chi connectivity index (χ4n) is 1.85. The first-order valence-electron chi connectivity index (χ1n) is 6.27. The summed E-state index contributed by atoms with van der Waals surface area (Å²) >= 11 is 0. The highest BCUT2D eigenvalue weighted by Gasteiger charge is 2.09. The van der Waals surface area contributed by atoms with Gasteiger partial charge in [0.25, 0.3) is 0 Å². The molecule has 0 heterocycles. The highest BCUT2D eigenvalue weighted by molar-refractivity contribution is 5.37. The average Bonchev–Trinajstić information content (AvgIpc) is 2.45. The fourth-order valence-corrected chi connectivity index (χ4v) is 1.85. The second-order valence-corrected chi connectivity index (χ2v) is 4.57. The second kappa shape index (κ2) is 6.18. The Morgan fingerprint density at radius 1 is 1.25 bits per heavy atom. The molecule has 0 aliphatic heterocycles. The van der Waals surface area contributed by atoms with Gasteiger partial charge in [0.2, 0.25) is 0 Å². The standard InChI is InChI=1S/C16H15FN2O/c1-11(19)15-7-6-14(17)8-16(15)20-10-13-4-2-12(9-18)3-5-13/h2-8,11H,10,19H2,1H3. The van der Waals surface area contributed by atoms with Crippen molar-refractivity contribution in [1.29, 1.82) is 5.26 Å². The summed E-state index contributed by atoms with van der Waals surface area (Å²) in [4.78, 5) is 0. The van der Waals surface area contributed by atoms with Crippen molar-refractivity contribution in [3.63, 3.8) is 0 Å². The van der Waals surface area contributed by atoms with E-state index in [0.717, 1.165) is 11.1 Å². The molecule has 1 atom stereocenters. The smallest absolute Gasteiger partial charge is 0.127 e. The Balaban J connectivity index is 2.13. The summed E-state index contributed by atoms with van der Waals surface area (Å²) in [5, 5.41) is 8.73. The van der Waals surface area contributed by atoms with E-state index in [-0.39, 0.29) is 11.9 Å². The minimum Gasteiger partial charge on any atom is -0.488 e. The first kappa shape index (κ1) is 14.0. The predicted octanol–water partition coefficient (Wildman–Crippen LogP) is 3.30. The van der Waals surface area contributed by atoms with E-state index in [0.29, 0.717) is 17.9 Å². The van der Waals surface area contributed by atoms with Crippen LogP contribution in [0, 0.1) is 17.1 Å². The molecule has 2 rings (SSSR count). The molecule has 0 aliphatic carbocycles. The Morgan fingerprint density at radius 3 is 2.55 bits per heavy atom. The summed E-state index contributed by atoms with van der Waals surface area (Å²) in [6.45, 7) is 2.12. The maximum absolute atomic E-state index is 13.3. The van der Waals surface area contributed by atoms with E-state index in [2.05, 4.69) is 6.07 Å². The van der Waals surface area contributed by atoms with Gasteiger partial charge >= 0.3 is 0 Å². The fraction of sp³-hybridized carbons (Fsp3) is 0.188. The van der Waals surface area contributed by atoms with Crippen molar-refractivity contribution in [3.8, 4) is 11.8 Å². The second-order valence-electron chi connectivity index (χ2n) is 4.57. The van der Waals surface area contributed by atoms with Gasteiger partial charge in [0.1, 0.15) is 18.2 Å². The normalized spacial score (nSPS) is 11.7. The van der Waals surface area contributed by atoms with E-state index in [1.54, 1.807) is 18.2 Å². The summed E-state index contributed by atoms with van der Waals surface area (Å²) in [7, 11) is 0. The lowest BCUT2D eigenvalue weighted by Gasteiger charge is -2.14. The molecule has 0 aliphatic rings. The van der Waals surface area contributed by atoms with E-state index in [4.69, 9.17) is 15.7 Å². The van der Waals surface area contributed by atoms with Gasteiger partial charge in [-0.05, 0) is 30.7 Å². The van der Waals surface area contributed by atoms with Crippen LogP contribution in [0.3, 0.4) is 0 Å². The molecular formula is C16H15FN2O. The Kier molecular flexibility index (Phi) is 4.34. The van der Waals surface area contributed by atoms with Crippen LogP contribution in [-0.2, 0) is 6.61 Å². The number of ether oxygens (including phenoxy) is 1. The van der Waals surface area contributed by atoms with Crippen LogP contribution in [0.5, 0.6) is 5.75 Å². The van der Waals surface area contributed by atoms with Gasteiger partial charge in [0.15, 0.2) is 0 Å². The largest absolute Gasteiger partial charge is 0.488 e. The van der Waals surface area contributed by atoms with Gasteiger partial charge in [0, 0.05) is 17.7 Å². The number of halogens is 1. The number of benzene rings is 2. The lowest BCUT2D eigenvalue weighted by atomic mass is 10.1. The van der Waals surface area contributed by atoms with E-state index in [1.807, 2.05) is 19.1 Å². The van der Waals surface area contributed by atoms with Crippen LogP contribution in [0.2, 0.25) is 0 Å². The molecule has 4 heteroatoms. The number of nitrogens with zero attached hydrogens (tertiary/aromatic N) is 1. The number of nitrogens with two attached hydrogens (primary N) is 1. The first-order valence-corrected chi connectivity index (χ1v) is 6.27. The highest BCUT2D eigenvalue weighted by Crippen LogP contribution is 2.25. The zero-order chi connectivity index (χ0) is 14.5. The SMILES string of the molecule is CC(N)c1ccc(F)cc1OCc1ccc(C#N)cc1. The van der Waals surface area contributed by atoms with Gasteiger partial charge in [-0.2, -0.15) is 5.26 Å². The van der Waals surface area contributed by atoms with Crippen LogP contribution in [0.1, 0.15) is 29.7 Å². The van der Waals surface area contributed by atoms with Crippen molar-refractivity contribution < 1.29 is 9.13 Å². The van der Waals surface area contributed by atoms with E-state index < -0.39 is 0 Å². The molecule has 2 aromatic carbocycles. The number of nitriles is 1. The van der Waals surface area contributed by atoms with E-state index in [9.17, 15) is 4.39 Å². The van der Waals surface area contributed by atoms with Gasteiger partial charge in [-0.15, -0.1) is 0 Å². The molecule has 0 spiro atoms. The van der Waals surface area contributed by atoms with Gasteiger partial charge in [-0.25, -0.2) is 4.39 Å². The van der Waals surface area contributed by atoms with Crippen LogP contribution in [-0.4, -0.2) is 0 Å². The summed E-state index contributed by atoms with van der Waals surface area (Å²) in [6, 6.07) is 13.2. The lowest BCUT2D eigenvalue weighted by Crippen LogP contribution is -2.08. The predicted molar refractivity (Wildman–Crippen MR) is 74.5 cm³/mol. The molecule has 0 saturated heterocycles. The Hall–Kier alpha value is -2.38. The molecule has 0 fully saturated rings. The van der Waals surface area contributed by atoms with Crippen molar-refractivity contribution in [2.75, 3.05) is 0 Å². The van der Waals surface area contributed by atoms with Gasteiger partial charge in [-0.3, -0.25) is 0 Å². The average molecular weight is 270 g/mol. The summed E-state index contributed by atoms with van der Waals surface area (Å²) in [6.07, 6.45) is 0. The molecule has 0 saturated carbocycles. The number of hydrogen-bond donors (Lipinski definition) is 1. The molecule has 0 bridgehead atoms. The quantitative estimate of drug-likeness (QED) is 0.927. The maximum atomic E-state index is 13.3. The Bertz CT molecular complexity index is 630. The van der Waals surface area contributed by atoms with Crippen molar-refractivity contribution in [1.82, 2.24) is 0 Å². The van der Waals surface area contributed by atoms with Crippen molar-refractivity contribution in [3.05, 3.63) is 65.0 Å². The zero-order valence-electron chi connectivity index (χ0n) is 11.1. The van der Waals surface area contributed by atoms with Gasteiger partial charge in [-0.1, -0.05) is 18.2 Å². The summed E-state index contributed by atoms with van der Waals surface area (Å²) < 4.78 is 18.9. The molecule has 0 amide bonds. The molecule has 2 aromatic rings.